The summed E-state index contributed by atoms with van der Waals surface area (Å²) >= 11 is 0. The summed E-state index contributed by atoms with van der Waals surface area (Å²) < 4.78 is 16.7. The Hall–Kier alpha value is -2.86. The molecule has 158 valence electrons. The molecule has 2 heterocycles. The largest absolute Gasteiger partial charge is 0.466 e. The summed E-state index contributed by atoms with van der Waals surface area (Å²) in [4.78, 5) is 28.4. The summed E-state index contributed by atoms with van der Waals surface area (Å²) in [6.07, 6.45) is 0.130. The van der Waals surface area contributed by atoms with Gasteiger partial charge in [-0.25, -0.2) is 9.59 Å². The molecule has 2 aromatic carbocycles. The second kappa shape index (κ2) is 7.13. The second-order valence-electron chi connectivity index (χ2n) is 8.05. The molecule has 2 aliphatic heterocycles. The molecule has 6 heteroatoms. The highest BCUT2D eigenvalue weighted by Gasteiger charge is 2.76. The van der Waals surface area contributed by atoms with Gasteiger partial charge in [0.05, 0.1) is 31.8 Å². The number of hydrogen-bond donors (Lipinski definition) is 0. The number of aryl methyl sites for hydroxylation is 1. The number of ether oxygens (including phenoxy) is 3. The minimum Gasteiger partial charge on any atom is -0.466 e. The van der Waals surface area contributed by atoms with Crippen molar-refractivity contribution in [2.24, 2.45) is 0 Å². The molecule has 0 aromatic heterocycles. The van der Waals surface area contributed by atoms with Gasteiger partial charge in [-0.3, -0.25) is 0 Å². The van der Waals surface area contributed by atoms with E-state index in [0.29, 0.717) is 6.42 Å². The lowest BCUT2D eigenvalue weighted by molar-refractivity contribution is -0.187. The van der Waals surface area contributed by atoms with E-state index in [0.717, 1.165) is 22.4 Å². The van der Waals surface area contributed by atoms with E-state index in [1.54, 1.807) is 0 Å². The van der Waals surface area contributed by atoms with Crippen molar-refractivity contribution < 1.29 is 23.8 Å². The molecule has 1 fully saturated rings. The predicted molar refractivity (Wildman–Crippen MR) is 112 cm³/mol. The number of nitrogens with zero attached hydrogens (tertiary/aromatic N) is 1. The molecule has 0 unspecified atom stereocenters. The number of rotatable bonds is 4. The van der Waals surface area contributed by atoms with E-state index in [9.17, 15) is 9.59 Å². The quantitative estimate of drug-likeness (QED) is 0.570. The Kier molecular flexibility index (Phi) is 4.85. The highest BCUT2D eigenvalue weighted by Crippen LogP contribution is 2.63. The van der Waals surface area contributed by atoms with Gasteiger partial charge >= 0.3 is 11.9 Å². The molecule has 0 amide bonds. The van der Waals surface area contributed by atoms with Crippen LogP contribution in [0.4, 0.5) is 5.69 Å². The van der Waals surface area contributed by atoms with Gasteiger partial charge in [-0.2, -0.15) is 0 Å². The van der Waals surface area contributed by atoms with Crippen LogP contribution in [0.15, 0.2) is 48.5 Å². The first kappa shape index (κ1) is 20.4. The standard InChI is InChI=1S/C24H27NO5/c1-6-23-17-9-7-8-10-18(17)25(3)20(23)24(21(26)28-4,22(27)29-5)30-19(23)16-13-11-15(2)12-14-16/h7-14,19-20H,6H2,1-5H3/t19-,20-,23-/m0/s1. The Morgan fingerprint density at radius 3 is 2.20 bits per heavy atom. The maximum atomic E-state index is 13.2. The van der Waals surface area contributed by atoms with Crippen molar-refractivity contribution in [3.8, 4) is 0 Å². The topological polar surface area (TPSA) is 65.1 Å². The molecule has 0 aliphatic carbocycles. The van der Waals surface area contributed by atoms with Crippen LogP contribution in [0.1, 0.15) is 36.1 Å². The van der Waals surface area contributed by atoms with Crippen LogP contribution < -0.4 is 4.90 Å². The number of esters is 2. The summed E-state index contributed by atoms with van der Waals surface area (Å²) in [6, 6.07) is 15.4. The fraction of sp³-hybridized carbons (Fsp3) is 0.417. The lowest BCUT2D eigenvalue weighted by atomic mass is 9.66. The van der Waals surface area contributed by atoms with Gasteiger partial charge in [-0.1, -0.05) is 55.0 Å². The van der Waals surface area contributed by atoms with E-state index in [1.165, 1.54) is 14.2 Å². The maximum absolute atomic E-state index is 13.2. The van der Waals surface area contributed by atoms with Gasteiger partial charge in [-0.05, 0) is 30.5 Å². The molecule has 0 N–H and O–H groups in total. The van der Waals surface area contributed by atoms with Crippen molar-refractivity contribution in [1.82, 2.24) is 0 Å². The van der Waals surface area contributed by atoms with E-state index in [4.69, 9.17) is 14.2 Å². The van der Waals surface area contributed by atoms with Gasteiger partial charge in [0.2, 0.25) is 0 Å². The third kappa shape index (κ3) is 2.40. The zero-order valence-corrected chi connectivity index (χ0v) is 18.0. The molecule has 1 saturated heterocycles. The molecule has 4 rings (SSSR count). The number of carbonyl (C=O) groups is 2. The van der Waals surface area contributed by atoms with Crippen molar-refractivity contribution in [3.63, 3.8) is 0 Å². The Bertz CT molecular complexity index is 969. The molecule has 30 heavy (non-hydrogen) atoms. The normalized spacial score (nSPS) is 26.1. The number of likely N-dealkylation sites (N-methyl/N-ethyl adjacent to an activating group) is 1. The predicted octanol–water partition coefficient (Wildman–Crippen LogP) is 3.32. The Labute approximate surface area is 176 Å². The lowest BCUT2D eigenvalue weighted by Crippen LogP contribution is -2.62. The molecule has 3 atom stereocenters. The van der Waals surface area contributed by atoms with E-state index < -0.39 is 35.1 Å². The maximum Gasteiger partial charge on any atom is 0.352 e. The SMILES string of the molecule is CC[C@@]12c3ccccc3N(C)[C@@H]1C(C(=O)OC)(C(=O)OC)O[C@H]2c1ccc(C)cc1. The zero-order chi connectivity index (χ0) is 21.7. The molecule has 0 spiro atoms. The van der Waals surface area contributed by atoms with Crippen LogP contribution in [0, 0.1) is 6.92 Å². The molecule has 2 aliphatic rings. The van der Waals surface area contributed by atoms with Crippen LogP contribution in [0.5, 0.6) is 0 Å². The average molecular weight is 409 g/mol. The van der Waals surface area contributed by atoms with Gasteiger partial charge in [0.1, 0.15) is 0 Å². The minimum atomic E-state index is -1.90. The number of benzene rings is 2. The monoisotopic (exact) mass is 409 g/mol. The third-order valence-electron chi connectivity index (χ3n) is 6.76. The van der Waals surface area contributed by atoms with Crippen LogP contribution in [0.3, 0.4) is 0 Å². The first-order valence-electron chi connectivity index (χ1n) is 10.1. The van der Waals surface area contributed by atoms with Crippen LogP contribution in [-0.2, 0) is 29.2 Å². The lowest BCUT2D eigenvalue weighted by Gasteiger charge is -2.37. The second-order valence-corrected chi connectivity index (χ2v) is 8.05. The average Bonchev–Trinajstić information content (AvgIpc) is 3.23. The number of para-hydroxylation sites is 1. The number of fused-ring (bicyclic) bond motifs is 3. The molecule has 0 saturated carbocycles. The molecule has 6 nitrogen and oxygen atoms in total. The highest BCUT2D eigenvalue weighted by molar-refractivity contribution is 6.07. The van der Waals surface area contributed by atoms with E-state index in [2.05, 4.69) is 13.0 Å². The fourth-order valence-corrected chi connectivity index (χ4v) is 5.46. The molecular formula is C24H27NO5. The van der Waals surface area contributed by atoms with Gasteiger partial charge < -0.3 is 19.1 Å². The third-order valence-corrected chi connectivity index (χ3v) is 6.76. The van der Waals surface area contributed by atoms with Crippen LogP contribution in [-0.4, -0.2) is 44.8 Å². The van der Waals surface area contributed by atoms with Gasteiger partial charge in [0.25, 0.3) is 5.60 Å². The molecule has 2 aromatic rings. The Balaban J connectivity index is 2.04. The number of hydrogen-bond acceptors (Lipinski definition) is 6. The smallest absolute Gasteiger partial charge is 0.352 e. The summed E-state index contributed by atoms with van der Waals surface area (Å²) in [7, 11) is 4.43. The van der Waals surface area contributed by atoms with Crippen molar-refractivity contribution in [2.75, 3.05) is 26.2 Å². The van der Waals surface area contributed by atoms with E-state index in [1.807, 2.05) is 61.3 Å². The number of anilines is 1. The summed E-state index contributed by atoms with van der Waals surface area (Å²) in [6.45, 7) is 4.08. The van der Waals surface area contributed by atoms with Crippen LogP contribution in [0.2, 0.25) is 0 Å². The summed E-state index contributed by atoms with van der Waals surface area (Å²) in [5, 5.41) is 0. The number of methoxy groups -OCH3 is 2. The first-order chi connectivity index (χ1) is 14.4. The first-order valence-corrected chi connectivity index (χ1v) is 10.1. The van der Waals surface area contributed by atoms with E-state index >= 15 is 0 Å². The Morgan fingerprint density at radius 2 is 1.63 bits per heavy atom. The van der Waals surface area contributed by atoms with Crippen molar-refractivity contribution in [3.05, 3.63) is 65.2 Å². The van der Waals surface area contributed by atoms with Gasteiger partial charge in [0, 0.05) is 12.7 Å². The molecule has 0 radical (unpaired) electrons. The fourth-order valence-electron chi connectivity index (χ4n) is 5.46. The summed E-state index contributed by atoms with van der Waals surface area (Å²) in [5.74, 6) is -1.49. The zero-order valence-electron chi connectivity index (χ0n) is 18.0. The van der Waals surface area contributed by atoms with Gasteiger partial charge in [0.15, 0.2) is 0 Å². The van der Waals surface area contributed by atoms with Crippen molar-refractivity contribution in [2.45, 2.75) is 43.4 Å². The van der Waals surface area contributed by atoms with Crippen molar-refractivity contribution >= 4 is 17.6 Å². The summed E-state index contributed by atoms with van der Waals surface area (Å²) in [5.41, 5.74) is 1.52. The number of carbonyl (C=O) groups excluding carboxylic acids is 2. The van der Waals surface area contributed by atoms with Crippen molar-refractivity contribution in [1.29, 1.82) is 0 Å². The molecular weight excluding hydrogens is 382 g/mol. The highest BCUT2D eigenvalue weighted by atomic mass is 16.6. The molecule has 0 bridgehead atoms. The Morgan fingerprint density at radius 1 is 1.03 bits per heavy atom. The minimum absolute atomic E-state index is 0.530. The van der Waals surface area contributed by atoms with Gasteiger partial charge in [-0.15, -0.1) is 0 Å². The van der Waals surface area contributed by atoms with Crippen LogP contribution >= 0.6 is 0 Å². The van der Waals surface area contributed by atoms with E-state index in [-0.39, 0.29) is 0 Å². The van der Waals surface area contributed by atoms with Crippen LogP contribution in [0.25, 0.3) is 0 Å².